The maximum atomic E-state index is 13.6. The second-order valence-corrected chi connectivity index (χ2v) is 12.0. The molecule has 0 bridgehead atoms. The van der Waals surface area contributed by atoms with Crippen LogP contribution in [-0.4, -0.2) is 84.7 Å². The fourth-order valence-electron chi connectivity index (χ4n) is 5.47. The number of piperidine rings is 1. The molecule has 2 heterocycles. The molecule has 1 aromatic rings. The normalized spacial score (nSPS) is 23.1. The summed E-state index contributed by atoms with van der Waals surface area (Å²) in [5, 5.41) is 0.721. The molecule has 4 rings (SSSR count). The monoisotopic (exact) mass is 591 g/mol. The highest BCUT2D eigenvalue weighted by Gasteiger charge is 2.48. The van der Waals surface area contributed by atoms with Gasteiger partial charge in [-0.3, -0.25) is 9.59 Å². The van der Waals surface area contributed by atoms with Crippen molar-refractivity contribution in [2.75, 3.05) is 39.8 Å². The first-order chi connectivity index (χ1) is 18.3. The molecule has 216 valence electrons. The van der Waals surface area contributed by atoms with Crippen LogP contribution in [-0.2, 0) is 14.3 Å². The van der Waals surface area contributed by atoms with Crippen LogP contribution < -0.4 is 0 Å². The number of hydrogen-bond acceptors (Lipinski definition) is 4. The molecule has 0 aromatic heterocycles. The summed E-state index contributed by atoms with van der Waals surface area (Å²) in [6.45, 7) is 3.30. The molecule has 2 saturated heterocycles. The minimum absolute atomic E-state index is 0.0285. The average Bonchev–Trinajstić information content (AvgIpc) is 3.49. The number of rotatable bonds is 7. The summed E-state index contributed by atoms with van der Waals surface area (Å²) in [5.74, 6) is -0.384. The van der Waals surface area contributed by atoms with Crippen molar-refractivity contribution >= 4 is 41.1 Å². The maximum Gasteiger partial charge on any atom is 0.409 e. The fourth-order valence-corrected chi connectivity index (χ4v) is 5.78. The second kappa shape index (κ2) is 11.7. The number of benzene rings is 1. The molecule has 1 aromatic carbocycles. The molecule has 3 aliphatic rings. The Morgan fingerprint density at radius 1 is 1.08 bits per heavy atom. The smallest absolute Gasteiger partial charge is 0.409 e. The van der Waals surface area contributed by atoms with Crippen LogP contribution in [0.3, 0.4) is 0 Å². The van der Waals surface area contributed by atoms with E-state index in [0.29, 0.717) is 42.5 Å². The first-order valence-corrected chi connectivity index (χ1v) is 14.0. The zero-order valence-corrected chi connectivity index (χ0v) is 23.6. The Hall–Kier alpha value is -2.20. The van der Waals surface area contributed by atoms with Crippen molar-refractivity contribution in [1.29, 1.82) is 0 Å². The molecule has 12 heteroatoms. The Labute approximate surface area is 236 Å². The quantitative estimate of drug-likeness (QED) is 0.379. The second-order valence-electron chi connectivity index (χ2n) is 11.2. The van der Waals surface area contributed by atoms with Gasteiger partial charge in [-0.2, -0.15) is 13.2 Å². The largest absolute Gasteiger partial charge is 0.449 e. The number of alkyl halides is 3. The predicted octanol–water partition coefficient (Wildman–Crippen LogP) is 5.74. The van der Waals surface area contributed by atoms with E-state index in [0.717, 1.165) is 18.4 Å². The Morgan fingerprint density at radius 2 is 1.74 bits per heavy atom. The number of ether oxygens (including phenoxy) is 1. The minimum atomic E-state index is -4.32. The average molecular weight is 592 g/mol. The van der Waals surface area contributed by atoms with Crippen LogP contribution in [0.25, 0.3) is 0 Å². The molecule has 1 aliphatic carbocycles. The summed E-state index contributed by atoms with van der Waals surface area (Å²) >= 11 is 12.4. The molecule has 0 radical (unpaired) electrons. The van der Waals surface area contributed by atoms with E-state index in [4.69, 9.17) is 27.9 Å². The third-order valence-electron chi connectivity index (χ3n) is 8.24. The van der Waals surface area contributed by atoms with Crippen molar-refractivity contribution in [1.82, 2.24) is 14.7 Å². The van der Waals surface area contributed by atoms with Crippen LogP contribution in [0.4, 0.5) is 18.0 Å². The van der Waals surface area contributed by atoms with Crippen LogP contribution in [0.2, 0.25) is 10.0 Å². The molecule has 1 unspecified atom stereocenters. The van der Waals surface area contributed by atoms with Gasteiger partial charge in [-0.1, -0.05) is 36.2 Å². The third kappa shape index (κ3) is 7.12. The number of likely N-dealkylation sites (N-methyl/N-ethyl adjacent to an activating group) is 1. The summed E-state index contributed by atoms with van der Waals surface area (Å²) in [6.07, 6.45) is -3.44. The molecular weight excluding hydrogens is 558 g/mol. The zero-order valence-electron chi connectivity index (χ0n) is 22.1. The molecule has 0 N–H and O–H groups in total. The summed E-state index contributed by atoms with van der Waals surface area (Å²) in [7, 11) is 1.53. The van der Waals surface area contributed by atoms with Crippen LogP contribution in [0.5, 0.6) is 0 Å². The highest BCUT2D eigenvalue weighted by atomic mass is 35.5. The Balaban J connectivity index is 1.42. The van der Waals surface area contributed by atoms with Gasteiger partial charge in [-0.25, -0.2) is 4.79 Å². The zero-order chi connectivity index (χ0) is 28.5. The molecule has 7 nitrogen and oxygen atoms in total. The summed E-state index contributed by atoms with van der Waals surface area (Å²) in [4.78, 5) is 44.0. The van der Waals surface area contributed by atoms with Crippen molar-refractivity contribution in [3.05, 3.63) is 33.8 Å². The molecule has 2 atom stereocenters. The topological polar surface area (TPSA) is 70.2 Å². The molecular formula is C27H34Cl2F3N3O4. The Bertz CT molecular complexity index is 1090. The van der Waals surface area contributed by atoms with Crippen molar-refractivity contribution in [3.8, 4) is 0 Å². The molecule has 1 saturated carbocycles. The van der Waals surface area contributed by atoms with Gasteiger partial charge in [0.15, 0.2) is 0 Å². The molecule has 2 aliphatic heterocycles. The SMILES string of the molecule is CN(C(=O)OCCCC(F)(F)F)C1CN(C(=O)C2CCN(C(=O)C3(C)CC3)CC2)C[C@@H]1c1ccc(Cl)c(Cl)c1. The van der Waals surface area contributed by atoms with E-state index in [2.05, 4.69) is 0 Å². The van der Waals surface area contributed by atoms with Gasteiger partial charge in [0.25, 0.3) is 0 Å². The van der Waals surface area contributed by atoms with Crippen LogP contribution in [0, 0.1) is 11.3 Å². The lowest BCUT2D eigenvalue weighted by atomic mass is 9.93. The van der Waals surface area contributed by atoms with E-state index in [9.17, 15) is 27.6 Å². The number of nitrogens with zero attached hydrogens (tertiary/aromatic N) is 3. The first kappa shape index (κ1) is 29.8. The van der Waals surface area contributed by atoms with Crippen LogP contribution >= 0.6 is 23.2 Å². The number of likely N-dealkylation sites (tertiary alicyclic amines) is 2. The number of halogens is 5. The van der Waals surface area contributed by atoms with E-state index >= 15 is 0 Å². The highest BCUT2D eigenvalue weighted by molar-refractivity contribution is 6.42. The third-order valence-corrected chi connectivity index (χ3v) is 8.97. The summed E-state index contributed by atoms with van der Waals surface area (Å²) < 4.78 is 42.4. The van der Waals surface area contributed by atoms with Crippen LogP contribution in [0.1, 0.15) is 56.9 Å². The Kier molecular flexibility index (Phi) is 8.95. The number of carbonyl (C=O) groups is 3. The number of hydrogen-bond donors (Lipinski definition) is 0. The van der Waals surface area contributed by atoms with Gasteiger partial charge in [0.2, 0.25) is 11.8 Å². The van der Waals surface area contributed by atoms with E-state index in [1.54, 1.807) is 23.1 Å². The van der Waals surface area contributed by atoms with Crippen LogP contribution in [0.15, 0.2) is 18.2 Å². The predicted molar refractivity (Wildman–Crippen MR) is 141 cm³/mol. The van der Waals surface area contributed by atoms with Gasteiger partial charge < -0.3 is 19.4 Å². The molecule has 3 amide bonds. The van der Waals surface area contributed by atoms with Gasteiger partial charge >= 0.3 is 12.3 Å². The number of carbonyl (C=O) groups excluding carboxylic acids is 3. The van der Waals surface area contributed by atoms with Crippen molar-refractivity contribution < 1.29 is 32.3 Å². The van der Waals surface area contributed by atoms with Crippen molar-refractivity contribution in [2.45, 2.75) is 63.6 Å². The molecule has 0 spiro atoms. The van der Waals surface area contributed by atoms with Crippen molar-refractivity contribution in [2.24, 2.45) is 11.3 Å². The highest BCUT2D eigenvalue weighted by Crippen LogP contribution is 2.47. The maximum absolute atomic E-state index is 13.6. The lowest BCUT2D eigenvalue weighted by Gasteiger charge is -2.34. The Morgan fingerprint density at radius 3 is 2.33 bits per heavy atom. The lowest BCUT2D eigenvalue weighted by Crippen LogP contribution is -2.46. The molecule has 3 fully saturated rings. The fraction of sp³-hybridized carbons (Fsp3) is 0.667. The van der Waals surface area contributed by atoms with Gasteiger partial charge in [-0.05, 0) is 49.8 Å². The standard InChI is InChI=1S/C27H34Cl2F3N3O4/c1-26(9-10-26)24(37)34-11-6-17(7-12-34)23(36)35-15-19(18-4-5-20(28)21(29)14-18)22(16-35)33(2)25(38)39-13-3-8-27(30,31)32/h4-5,14,17,19,22H,3,6-13,15-16H2,1-2H3/t19-,22?/m1/s1. The first-order valence-electron chi connectivity index (χ1n) is 13.3. The lowest BCUT2D eigenvalue weighted by molar-refractivity contribution is -0.142. The van der Waals surface area contributed by atoms with Gasteiger partial charge in [0, 0.05) is 56.9 Å². The summed E-state index contributed by atoms with van der Waals surface area (Å²) in [5.41, 5.74) is 0.553. The van der Waals surface area contributed by atoms with E-state index in [-0.39, 0.29) is 48.6 Å². The van der Waals surface area contributed by atoms with E-state index in [1.807, 2.05) is 11.8 Å². The van der Waals surface area contributed by atoms with E-state index in [1.165, 1.54) is 11.9 Å². The number of amides is 3. The van der Waals surface area contributed by atoms with E-state index < -0.39 is 24.7 Å². The van der Waals surface area contributed by atoms with Crippen molar-refractivity contribution in [3.63, 3.8) is 0 Å². The van der Waals surface area contributed by atoms with Gasteiger partial charge in [-0.15, -0.1) is 0 Å². The summed E-state index contributed by atoms with van der Waals surface area (Å²) in [6, 6.07) is 4.69. The molecule has 39 heavy (non-hydrogen) atoms. The van der Waals surface area contributed by atoms with Gasteiger partial charge in [0.05, 0.1) is 22.7 Å². The minimum Gasteiger partial charge on any atom is -0.449 e. The van der Waals surface area contributed by atoms with Gasteiger partial charge in [0.1, 0.15) is 0 Å².